The van der Waals surface area contributed by atoms with E-state index in [1.165, 1.54) is 139 Å². The highest BCUT2D eigenvalue weighted by Crippen LogP contribution is 2.44. The van der Waals surface area contributed by atoms with Crippen LogP contribution in [-0.2, 0) is 12.8 Å². The fraction of sp³-hybridized carbons (Fsp3) is 0.195. The van der Waals surface area contributed by atoms with Crippen LogP contribution < -0.4 is 9.80 Å². The standard InChI is InChI=1S/C82H80N2/c1-7-9-11-15-25-71-57-82(80-54-52-78(56-62(80)6)84(74-45-37-68(38-46-74)64-23-19-14-20-24-64)76-49-41-70(42-50-76)66-33-29-60(4)30-34-66)72(26-16-12-10-8-2)58-81(71)79-53-51-77(55-61(79)5)83(73-43-35-67(36-44-73)63-21-17-13-18-22-63)75-47-39-69(40-48-75)65-31-27-59(3)28-32-65/h13-14,17-24,27-58H,7-12,15-16,25-26H2,1-6H3. The summed E-state index contributed by atoms with van der Waals surface area (Å²) in [5.74, 6) is 0. The first kappa shape index (κ1) is 56.9. The second-order valence-electron chi connectivity index (χ2n) is 23.1. The van der Waals surface area contributed by atoms with E-state index in [0.29, 0.717) is 0 Å². The molecule has 11 aromatic rings. The third kappa shape index (κ3) is 13.3. The van der Waals surface area contributed by atoms with Crippen LogP contribution in [-0.4, -0.2) is 0 Å². The Morgan fingerprint density at radius 2 is 0.512 bits per heavy atom. The van der Waals surface area contributed by atoms with Crippen molar-refractivity contribution in [1.29, 1.82) is 0 Å². The van der Waals surface area contributed by atoms with Crippen LogP contribution in [0.15, 0.2) is 255 Å². The van der Waals surface area contributed by atoms with Gasteiger partial charge in [0.1, 0.15) is 0 Å². The molecule has 0 atom stereocenters. The maximum absolute atomic E-state index is 2.60. The molecule has 11 aromatic carbocycles. The van der Waals surface area contributed by atoms with Crippen LogP contribution in [0.2, 0.25) is 0 Å². The number of anilines is 6. The number of aryl methyl sites for hydroxylation is 6. The van der Waals surface area contributed by atoms with Gasteiger partial charge in [-0.05, 0) is 215 Å². The predicted octanol–water partition coefficient (Wildman–Crippen LogP) is 24.1. The third-order valence-electron chi connectivity index (χ3n) is 16.9. The molecule has 0 aromatic heterocycles. The lowest BCUT2D eigenvalue weighted by molar-refractivity contribution is 0.664. The van der Waals surface area contributed by atoms with Gasteiger partial charge in [-0.3, -0.25) is 0 Å². The fourth-order valence-electron chi connectivity index (χ4n) is 12.1. The summed E-state index contributed by atoms with van der Waals surface area (Å²) in [5, 5.41) is 0. The van der Waals surface area contributed by atoms with E-state index in [1.54, 1.807) is 0 Å². The Kier molecular flexibility index (Phi) is 18.2. The van der Waals surface area contributed by atoms with E-state index >= 15 is 0 Å². The zero-order chi connectivity index (χ0) is 57.8. The maximum Gasteiger partial charge on any atom is 0.0464 e. The molecule has 0 N–H and O–H groups in total. The van der Waals surface area contributed by atoms with Gasteiger partial charge in [0.25, 0.3) is 0 Å². The first-order valence-electron chi connectivity index (χ1n) is 30.8. The molecule has 0 spiro atoms. The highest BCUT2D eigenvalue weighted by Gasteiger charge is 2.21. The summed E-state index contributed by atoms with van der Waals surface area (Å²) in [4.78, 5) is 4.85. The monoisotopic (exact) mass is 1090 g/mol. The lowest BCUT2D eigenvalue weighted by atomic mass is 9.84. The minimum absolute atomic E-state index is 1.04. The number of benzene rings is 11. The molecule has 2 nitrogen and oxygen atoms in total. The van der Waals surface area contributed by atoms with Crippen LogP contribution in [0.5, 0.6) is 0 Å². The highest BCUT2D eigenvalue weighted by atomic mass is 15.1. The Labute approximate surface area is 501 Å². The van der Waals surface area contributed by atoms with Crippen LogP contribution in [0.3, 0.4) is 0 Å². The molecule has 0 aliphatic rings. The van der Waals surface area contributed by atoms with Crippen molar-refractivity contribution < 1.29 is 0 Å². The minimum atomic E-state index is 1.04. The summed E-state index contributed by atoms with van der Waals surface area (Å²) >= 11 is 0. The molecule has 0 bridgehead atoms. The van der Waals surface area contributed by atoms with E-state index in [2.05, 4.69) is 306 Å². The number of unbranched alkanes of at least 4 members (excludes halogenated alkanes) is 6. The van der Waals surface area contributed by atoms with Gasteiger partial charge in [-0.25, -0.2) is 0 Å². The van der Waals surface area contributed by atoms with Gasteiger partial charge in [0, 0.05) is 34.1 Å². The number of hydrogen-bond donors (Lipinski definition) is 0. The Morgan fingerprint density at radius 3 is 0.798 bits per heavy atom. The van der Waals surface area contributed by atoms with E-state index in [0.717, 1.165) is 59.8 Å². The zero-order valence-corrected chi connectivity index (χ0v) is 50.2. The van der Waals surface area contributed by atoms with E-state index in [1.807, 2.05) is 0 Å². The van der Waals surface area contributed by atoms with Crippen LogP contribution in [0.4, 0.5) is 34.1 Å². The molecule has 0 saturated carbocycles. The molecular weight excluding hydrogens is 1010 g/mol. The SMILES string of the molecule is CCCCCCc1cc(-c2ccc(N(c3ccc(-c4ccccc4)cc3)c3ccc(-c4ccc(C)cc4)cc3)cc2C)c(CCCCCC)cc1-c1ccc(N(c2ccc(-c3ccccc3)cc2)c2ccc(-c3ccc(C)cc3)cc2)cc1C. The van der Waals surface area contributed by atoms with Gasteiger partial charge in [0.05, 0.1) is 0 Å². The molecule has 84 heavy (non-hydrogen) atoms. The van der Waals surface area contributed by atoms with Crippen molar-refractivity contribution in [2.75, 3.05) is 9.80 Å². The van der Waals surface area contributed by atoms with Gasteiger partial charge in [0.2, 0.25) is 0 Å². The lowest BCUT2D eigenvalue weighted by Gasteiger charge is -2.28. The Bertz CT molecular complexity index is 3630. The van der Waals surface area contributed by atoms with Gasteiger partial charge < -0.3 is 9.80 Å². The molecule has 0 unspecified atom stereocenters. The lowest BCUT2D eigenvalue weighted by Crippen LogP contribution is -2.10. The molecule has 11 rings (SSSR count). The summed E-state index contributed by atoms with van der Waals surface area (Å²) in [6.45, 7) is 13.6. The molecule has 0 fully saturated rings. The highest BCUT2D eigenvalue weighted by molar-refractivity contribution is 5.87. The van der Waals surface area contributed by atoms with Gasteiger partial charge >= 0.3 is 0 Å². The summed E-state index contributed by atoms with van der Waals surface area (Å²) < 4.78 is 0. The quantitative estimate of drug-likeness (QED) is 0.0624. The van der Waals surface area contributed by atoms with E-state index in [-0.39, 0.29) is 0 Å². The molecule has 0 aliphatic carbocycles. The van der Waals surface area contributed by atoms with Gasteiger partial charge in [-0.2, -0.15) is 0 Å². The molecule has 0 aliphatic heterocycles. The zero-order valence-electron chi connectivity index (χ0n) is 50.2. The second-order valence-corrected chi connectivity index (χ2v) is 23.1. The Morgan fingerprint density at radius 1 is 0.238 bits per heavy atom. The van der Waals surface area contributed by atoms with Crippen molar-refractivity contribution in [3.63, 3.8) is 0 Å². The van der Waals surface area contributed by atoms with Crippen LogP contribution in [0, 0.1) is 27.7 Å². The summed E-state index contributed by atoms with van der Waals surface area (Å²) in [6.07, 6.45) is 11.8. The fourth-order valence-corrected chi connectivity index (χ4v) is 12.1. The molecule has 418 valence electrons. The van der Waals surface area contributed by atoms with E-state index < -0.39 is 0 Å². The van der Waals surface area contributed by atoms with Crippen LogP contribution in [0.25, 0.3) is 66.8 Å². The molecule has 2 heteroatoms. The Hall–Kier alpha value is -8.98. The molecular formula is C82H80N2. The summed E-state index contributed by atoms with van der Waals surface area (Å²) in [5.41, 5.74) is 29.9. The smallest absolute Gasteiger partial charge is 0.0464 e. The van der Waals surface area contributed by atoms with Crippen molar-refractivity contribution in [1.82, 2.24) is 0 Å². The van der Waals surface area contributed by atoms with Crippen molar-refractivity contribution in [2.24, 2.45) is 0 Å². The Balaban J connectivity index is 0.984. The molecule has 0 amide bonds. The van der Waals surface area contributed by atoms with Crippen molar-refractivity contribution in [3.05, 3.63) is 288 Å². The number of rotatable bonds is 22. The van der Waals surface area contributed by atoms with E-state index in [4.69, 9.17) is 0 Å². The first-order chi connectivity index (χ1) is 41.2. The van der Waals surface area contributed by atoms with Crippen molar-refractivity contribution in [3.8, 4) is 66.8 Å². The van der Waals surface area contributed by atoms with Crippen molar-refractivity contribution in [2.45, 2.75) is 106 Å². The predicted molar refractivity (Wildman–Crippen MR) is 363 cm³/mol. The largest absolute Gasteiger partial charge is 0.310 e. The summed E-state index contributed by atoms with van der Waals surface area (Å²) in [6, 6.07) is 94.9. The average Bonchev–Trinajstić information content (AvgIpc) is 2.39. The third-order valence-corrected chi connectivity index (χ3v) is 16.9. The van der Waals surface area contributed by atoms with E-state index in [9.17, 15) is 0 Å². The number of nitrogens with zero attached hydrogens (tertiary/aromatic N) is 2. The first-order valence-corrected chi connectivity index (χ1v) is 30.8. The van der Waals surface area contributed by atoms with Crippen molar-refractivity contribution >= 4 is 34.1 Å². The van der Waals surface area contributed by atoms with Crippen LogP contribution in [0.1, 0.15) is 98.6 Å². The maximum atomic E-state index is 2.60. The minimum Gasteiger partial charge on any atom is -0.310 e. The van der Waals surface area contributed by atoms with Gasteiger partial charge in [-0.15, -0.1) is 0 Å². The molecule has 0 saturated heterocycles. The normalized spacial score (nSPS) is 11.2. The molecule has 0 radical (unpaired) electrons. The topological polar surface area (TPSA) is 6.48 Å². The van der Waals surface area contributed by atoms with Gasteiger partial charge in [-0.1, -0.05) is 245 Å². The summed E-state index contributed by atoms with van der Waals surface area (Å²) in [7, 11) is 0. The molecule has 0 heterocycles. The second kappa shape index (κ2) is 26.9. The number of hydrogen-bond acceptors (Lipinski definition) is 2. The average molecular weight is 1090 g/mol. The van der Waals surface area contributed by atoms with Crippen LogP contribution >= 0.6 is 0 Å². The van der Waals surface area contributed by atoms with Gasteiger partial charge in [0.15, 0.2) is 0 Å².